The number of ether oxygens (including phenoxy) is 1. The third-order valence-electron chi connectivity index (χ3n) is 4.68. The average Bonchev–Trinajstić information content (AvgIpc) is 2.91. The molecule has 1 N–H and O–H groups in total. The molecule has 0 atom stereocenters. The van der Waals surface area contributed by atoms with Crippen molar-refractivity contribution in [2.45, 2.75) is 44.4 Å². The van der Waals surface area contributed by atoms with Gasteiger partial charge in [0.1, 0.15) is 0 Å². The van der Waals surface area contributed by atoms with E-state index in [4.69, 9.17) is 4.74 Å². The predicted molar refractivity (Wildman–Crippen MR) is 74.3 cm³/mol. The Bertz CT molecular complexity index is 387. The van der Waals surface area contributed by atoms with E-state index in [1.807, 2.05) is 0 Å². The van der Waals surface area contributed by atoms with Crippen molar-refractivity contribution in [2.75, 3.05) is 31.2 Å². The summed E-state index contributed by atoms with van der Waals surface area (Å²) >= 11 is 0. The minimum atomic E-state index is 0.381. The lowest BCUT2D eigenvalue weighted by atomic mass is 9.71. The smallest absolute Gasteiger partial charge is 0.0642 e. The molecule has 1 saturated carbocycles. The Morgan fingerprint density at radius 2 is 1.83 bits per heavy atom. The van der Waals surface area contributed by atoms with Crippen molar-refractivity contribution in [2.24, 2.45) is 0 Å². The molecule has 2 fully saturated rings. The number of H-pyrrole nitrogens is 1. The number of rotatable bonds is 2. The second kappa shape index (κ2) is 4.96. The van der Waals surface area contributed by atoms with Crippen molar-refractivity contribution < 1.29 is 4.74 Å². The molecule has 0 aromatic carbocycles. The Kier molecular flexibility index (Phi) is 3.33. The SMILES string of the molecule is CC1(c2c[nH]cc2N2CCOCC2)CCCCC1. The van der Waals surface area contributed by atoms with Crippen LogP contribution in [0.4, 0.5) is 5.69 Å². The summed E-state index contributed by atoms with van der Waals surface area (Å²) in [5.74, 6) is 0. The first-order valence-corrected chi connectivity index (χ1v) is 7.30. The summed E-state index contributed by atoms with van der Waals surface area (Å²) in [5.41, 5.74) is 3.33. The maximum absolute atomic E-state index is 5.46. The van der Waals surface area contributed by atoms with Crippen molar-refractivity contribution in [3.63, 3.8) is 0 Å². The maximum atomic E-state index is 5.46. The van der Waals surface area contributed by atoms with Crippen molar-refractivity contribution in [3.05, 3.63) is 18.0 Å². The molecule has 0 radical (unpaired) electrons. The van der Waals surface area contributed by atoms with Crippen LogP contribution in [-0.4, -0.2) is 31.3 Å². The largest absolute Gasteiger partial charge is 0.378 e. The van der Waals surface area contributed by atoms with Crippen molar-refractivity contribution in [3.8, 4) is 0 Å². The van der Waals surface area contributed by atoms with Gasteiger partial charge in [-0.2, -0.15) is 0 Å². The Morgan fingerprint density at radius 1 is 1.11 bits per heavy atom. The molecule has 0 amide bonds. The first-order valence-electron chi connectivity index (χ1n) is 7.30. The molecule has 1 aromatic rings. The molecule has 0 bridgehead atoms. The first kappa shape index (κ1) is 12.1. The first-order chi connectivity index (χ1) is 8.80. The maximum Gasteiger partial charge on any atom is 0.0642 e. The van der Waals surface area contributed by atoms with Crippen LogP contribution in [0.2, 0.25) is 0 Å². The van der Waals surface area contributed by atoms with E-state index in [9.17, 15) is 0 Å². The van der Waals surface area contributed by atoms with Gasteiger partial charge in [-0.25, -0.2) is 0 Å². The molecule has 1 aromatic heterocycles. The topological polar surface area (TPSA) is 28.3 Å². The van der Waals surface area contributed by atoms with Gasteiger partial charge in [-0.3, -0.25) is 0 Å². The highest BCUT2D eigenvalue weighted by Crippen LogP contribution is 2.43. The second-order valence-corrected chi connectivity index (χ2v) is 5.97. The standard InChI is InChI=1S/C15H24N2O/c1-15(5-3-2-4-6-15)13-11-16-12-14(13)17-7-9-18-10-8-17/h11-12,16H,2-10H2,1H3. The highest BCUT2D eigenvalue weighted by molar-refractivity contribution is 5.56. The number of aromatic nitrogens is 1. The number of nitrogens with one attached hydrogen (secondary N) is 1. The van der Waals surface area contributed by atoms with E-state index in [1.165, 1.54) is 43.4 Å². The molecule has 2 heterocycles. The van der Waals surface area contributed by atoms with Gasteiger partial charge in [0, 0.05) is 25.5 Å². The molecule has 3 heteroatoms. The number of hydrogen-bond donors (Lipinski definition) is 1. The van der Waals surface area contributed by atoms with E-state index >= 15 is 0 Å². The highest BCUT2D eigenvalue weighted by Gasteiger charge is 2.32. The van der Waals surface area contributed by atoms with E-state index in [1.54, 1.807) is 0 Å². The van der Waals surface area contributed by atoms with Gasteiger partial charge in [0.2, 0.25) is 0 Å². The summed E-state index contributed by atoms with van der Waals surface area (Å²) in [7, 11) is 0. The minimum Gasteiger partial charge on any atom is -0.378 e. The molecule has 2 aliphatic rings. The Morgan fingerprint density at radius 3 is 2.56 bits per heavy atom. The molecular weight excluding hydrogens is 224 g/mol. The summed E-state index contributed by atoms with van der Waals surface area (Å²) in [6.45, 7) is 6.23. The lowest BCUT2D eigenvalue weighted by Crippen LogP contribution is -2.38. The van der Waals surface area contributed by atoms with Crippen molar-refractivity contribution >= 4 is 5.69 Å². The number of aromatic amines is 1. The number of nitrogens with zero attached hydrogens (tertiary/aromatic N) is 1. The van der Waals surface area contributed by atoms with Crippen LogP contribution in [0.5, 0.6) is 0 Å². The lowest BCUT2D eigenvalue weighted by Gasteiger charge is -2.37. The Balaban J connectivity index is 1.85. The molecule has 3 rings (SSSR count). The fourth-order valence-electron chi connectivity index (χ4n) is 3.51. The number of morpholine rings is 1. The van der Waals surface area contributed by atoms with E-state index in [0.717, 1.165) is 26.3 Å². The van der Waals surface area contributed by atoms with Crippen LogP contribution in [0.25, 0.3) is 0 Å². The summed E-state index contributed by atoms with van der Waals surface area (Å²) in [5, 5.41) is 0. The van der Waals surface area contributed by atoms with E-state index in [-0.39, 0.29) is 0 Å². The van der Waals surface area contributed by atoms with Crippen molar-refractivity contribution in [1.29, 1.82) is 0 Å². The molecule has 1 aliphatic carbocycles. The zero-order valence-electron chi connectivity index (χ0n) is 11.4. The summed E-state index contributed by atoms with van der Waals surface area (Å²) in [6.07, 6.45) is 11.3. The van der Waals surface area contributed by atoms with Crippen LogP contribution in [-0.2, 0) is 10.2 Å². The summed E-state index contributed by atoms with van der Waals surface area (Å²) in [6, 6.07) is 0. The van der Waals surface area contributed by atoms with Crippen LogP contribution >= 0.6 is 0 Å². The summed E-state index contributed by atoms with van der Waals surface area (Å²) in [4.78, 5) is 5.82. The number of hydrogen-bond acceptors (Lipinski definition) is 2. The van der Waals surface area contributed by atoms with Gasteiger partial charge in [-0.05, 0) is 23.8 Å². The van der Waals surface area contributed by atoms with Gasteiger partial charge in [-0.15, -0.1) is 0 Å². The average molecular weight is 248 g/mol. The minimum absolute atomic E-state index is 0.381. The third kappa shape index (κ3) is 2.16. The van der Waals surface area contributed by atoms with Crippen LogP contribution in [0.15, 0.2) is 12.4 Å². The monoisotopic (exact) mass is 248 g/mol. The molecule has 18 heavy (non-hydrogen) atoms. The fourth-order valence-corrected chi connectivity index (χ4v) is 3.51. The van der Waals surface area contributed by atoms with E-state index in [0.29, 0.717) is 5.41 Å². The Hall–Kier alpha value is -0.960. The van der Waals surface area contributed by atoms with Crippen LogP contribution < -0.4 is 4.90 Å². The zero-order chi connectivity index (χ0) is 12.4. The molecule has 0 spiro atoms. The molecule has 100 valence electrons. The Labute approximate surface area is 110 Å². The summed E-state index contributed by atoms with van der Waals surface area (Å²) < 4.78 is 5.46. The van der Waals surface area contributed by atoms with Crippen LogP contribution in [0.1, 0.15) is 44.6 Å². The normalized spacial score (nSPS) is 24.2. The third-order valence-corrected chi connectivity index (χ3v) is 4.68. The van der Waals surface area contributed by atoms with Crippen LogP contribution in [0, 0.1) is 0 Å². The van der Waals surface area contributed by atoms with Gasteiger partial charge in [0.05, 0.1) is 18.9 Å². The molecular formula is C15H24N2O. The predicted octanol–water partition coefficient (Wildman–Crippen LogP) is 3.07. The molecule has 1 aliphatic heterocycles. The molecule has 0 unspecified atom stereocenters. The van der Waals surface area contributed by atoms with Gasteiger partial charge in [0.15, 0.2) is 0 Å². The van der Waals surface area contributed by atoms with Crippen molar-refractivity contribution in [1.82, 2.24) is 4.98 Å². The highest BCUT2D eigenvalue weighted by atomic mass is 16.5. The molecule has 1 saturated heterocycles. The second-order valence-electron chi connectivity index (χ2n) is 5.97. The van der Waals surface area contributed by atoms with Gasteiger partial charge in [0.25, 0.3) is 0 Å². The van der Waals surface area contributed by atoms with Gasteiger partial charge < -0.3 is 14.6 Å². The quantitative estimate of drug-likeness (QED) is 0.871. The zero-order valence-corrected chi connectivity index (χ0v) is 11.4. The van der Waals surface area contributed by atoms with E-state index < -0.39 is 0 Å². The number of anilines is 1. The fraction of sp³-hybridized carbons (Fsp3) is 0.733. The molecule has 3 nitrogen and oxygen atoms in total. The van der Waals surface area contributed by atoms with Crippen LogP contribution in [0.3, 0.4) is 0 Å². The van der Waals surface area contributed by atoms with Gasteiger partial charge in [-0.1, -0.05) is 26.2 Å². The lowest BCUT2D eigenvalue weighted by molar-refractivity contribution is 0.122. The van der Waals surface area contributed by atoms with Gasteiger partial charge >= 0.3 is 0 Å². The van der Waals surface area contributed by atoms with E-state index in [2.05, 4.69) is 29.2 Å².